The Labute approximate surface area is 162 Å². The summed E-state index contributed by atoms with van der Waals surface area (Å²) in [5.41, 5.74) is 1.41. The van der Waals surface area contributed by atoms with Crippen molar-refractivity contribution in [2.45, 2.75) is 6.54 Å². The van der Waals surface area contributed by atoms with Gasteiger partial charge in [-0.1, -0.05) is 18.2 Å². The molecule has 3 heterocycles. The maximum atomic E-state index is 13.4. The Morgan fingerprint density at radius 2 is 2.00 bits per heavy atom. The van der Waals surface area contributed by atoms with Gasteiger partial charge in [-0.25, -0.2) is 4.98 Å². The van der Waals surface area contributed by atoms with Crippen molar-refractivity contribution in [2.24, 2.45) is 0 Å². The molecule has 1 N–H and O–H groups in total. The van der Waals surface area contributed by atoms with Crippen molar-refractivity contribution in [3.63, 3.8) is 0 Å². The molecule has 0 bridgehead atoms. The number of quaternary nitrogens is 1. The van der Waals surface area contributed by atoms with Crippen LogP contribution in [0.15, 0.2) is 48.1 Å². The van der Waals surface area contributed by atoms with Gasteiger partial charge in [0, 0.05) is 23.2 Å². The van der Waals surface area contributed by atoms with Crippen LogP contribution in [0.1, 0.15) is 15.4 Å². The average Bonchev–Trinajstić information content (AvgIpc) is 3.24. The summed E-state index contributed by atoms with van der Waals surface area (Å²) in [7, 11) is 0. The van der Waals surface area contributed by atoms with Gasteiger partial charge >= 0.3 is 0 Å². The Bertz CT molecular complexity index is 889. The Morgan fingerprint density at radius 3 is 2.81 bits per heavy atom. The largest absolute Gasteiger partial charge is 0.370 e. The van der Waals surface area contributed by atoms with Crippen LogP contribution in [-0.4, -0.2) is 60.2 Å². The Balaban J connectivity index is 1.57. The number of nitrogens with one attached hydrogen (secondary N) is 1. The summed E-state index contributed by atoms with van der Waals surface area (Å²) in [6.07, 6.45) is 3.53. The van der Waals surface area contributed by atoms with Crippen molar-refractivity contribution in [3.05, 3.63) is 58.7 Å². The maximum absolute atomic E-state index is 13.4. The topological polar surface area (TPSA) is 59.8 Å². The van der Waals surface area contributed by atoms with Gasteiger partial charge in [-0.05, 0) is 12.1 Å². The molecule has 27 heavy (non-hydrogen) atoms. The van der Waals surface area contributed by atoms with Crippen LogP contribution in [0.2, 0.25) is 0 Å². The number of fused-ring (bicyclic) bond motifs is 1. The molecule has 1 saturated heterocycles. The zero-order valence-electron chi connectivity index (χ0n) is 15.1. The zero-order chi connectivity index (χ0) is 18.5. The van der Waals surface area contributed by atoms with Crippen molar-refractivity contribution in [1.29, 1.82) is 0 Å². The smallest absolute Gasteiger partial charge is 0.256 e. The molecule has 1 fully saturated rings. The van der Waals surface area contributed by atoms with Crippen LogP contribution in [0.4, 0.5) is 0 Å². The van der Waals surface area contributed by atoms with Crippen molar-refractivity contribution in [2.75, 3.05) is 39.4 Å². The average molecular weight is 383 g/mol. The lowest BCUT2D eigenvalue weighted by Crippen LogP contribution is -3.14. The number of rotatable bonds is 6. The highest BCUT2D eigenvalue weighted by atomic mass is 32.1. The Kier molecular flexibility index (Phi) is 5.72. The van der Waals surface area contributed by atoms with Crippen molar-refractivity contribution < 1.29 is 14.4 Å². The van der Waals surface area contributed by atoms with E-state index in [1.165, 1.54) is 4.90 Å². The molecule has 0 unspecified atom stereocenters. The lowest BCUT2D eigenvalue weighted by molar-refractivity contribution is -0.907. The van der Waals surface area contributed by atoms with Gasteiger partial charge in [0.15, 0.2) is 0 Å². The first-order chi connectivity index (χ1) is 13.3. The van der Waals surface area contributed by atoms with E-state index in [0.29, 0.717) is 18.7 Å². The number of amides is 1. The number of aromatic nitrogens is 2. The molecule has 0 aliphatic carbocycles. The second-order valence-electron chi connectivity index (χ2n) is 6.65. The molecule has 0 radical (unpaired) electrons. The highest BCUT2D eigenvalue weighted by Crippen LogP contribution is 2.19. The molecule has 4 rings (SSSR count). The fraction of sp³-hybridized carbons (Fsp3) is 0.350. The van der Waals surface area contributed by atoms with Gasteiger partial charge in [-0.15, -0.1) is 11.3 Å². The second-order valence-corrected chi connectivity index (χ2v) is 7.62. The van der Waals surface area contributed by atoms with E-state index in [1.807, 2.05) is 40.6 Å². The lowest BCUT2D eigenvalue weighted by Gasteiger charge is -2.27. The van der Waals surface area contributed by atoms with Gasteiger partial charge < -0.3 is 14.5 Å². The molecule has 1 aliphatic rings. The van der Waals surface area contributed by atoms with Gasteiger partial charge in [-0.3, -0.25) is 9.78 Å². The molecule has 1 amide bonds. The predicted molar refractivity (Wildman–Crippen MR) is 105 cm³/mol. The number of carbonyl (C=O) groups excluding carboxylic acids is 1. The number of benzene rings is 1. The summed E-state index contributed by atoms with van der Waals surface area (Å²) in [5.74, 6) is 0.0159. The number of ether oxygens (including phenoxy) is 1. The van der Waals surface area contributed by atoms with E-state index in [-0.39, 0.29) is 5.91 Å². The van der Waals surface area contributed by atoms with Crippen molar-refractivity contribution in [1.82, 2.24) is 14.9 Å². The number of hydrogen-bond donors (Lipinski definition) is 1. The first-order valence-corrected chi connectivity index (χ1v) is 10.1. The first-order valence-electron chi connectivity index (χ1n) is 9.24. The summed E-state index contributed by atoms with van der Waals surface area (Å²) in [5, 5.41) is 3.88. The molecule has 0 atom stereocenters. The summed E-state index contributed by atoms with van der Waals surface area (Å²) in [6.45, 7) is 5.72. The minimum atomic E-state index is 0.0159. The van der Waals surface area contributed by atoms with Crippen LogP contribution in [0, 0.1) is 0 Å². The number of para-hydroxylation sites is 1. The highest BCUT2D eigenvalue weighted by molar-refractivity contribution is 7.09. The molecule has 3 aromatic rings. The van der Waals surface area contributed by atoms with Gasteiger partial charge in [-0.2, -0.15) is 0 Å². The van der Waals surface area contributed by atoms with Crippen LogP contribution in [0.25, 0.3) is 10.9 Å². The fourth-order valence-corrected chi connectivity index (χ4v) is 4.03. The SMILES string of the molecule is O=C(c1cccc2cccnc12)N(CC[NH+]1CCOCC1)Cc1nccs1. The van der Waals surface area contributed by atoms with Gasteiger partial charge in [0.2, 0.25) is 0 Å². The van der Waals surface area contributed by atoms with E-state index in [9.17, 15) is 4.79 Å². The van der Waals surface area contributed by atoms with E-state index in [0.717, 1.165) is 48.8 Å². The third-order valence-corrected chi connectivity index (χ3v) is 5.66. The number of hydrogen-bond acceptors (Lipinski definition) is 5. The van der Waals surface area contributed by atoms with Crippen LogP contribution in [0.3, 0.4) is 0 Å². The number of nitrogens with zero attached hydrogens (tertiary/aromatic N) is 3. The monoisotopic (exact) mass is 383 g/mol. The number of thiazole rings is 1. The van der Waals surface area contributed by atoms with Crippen LogP contribution >= 0.6 is 11.3 Å². The molecule has 0 spiro atoms. The third-order valence-electron chi connectivity index (χ3n) is 4.90. The molecule has 0 saturated carbocycles. The predicted octanol–water partition coefficient (Wildman–Crippen LogP) is 1.25. The zero-order valence-corrected chi connectivity index (χ0v) is 16.0. The minimum Gasteiger partial charge on any atom is -0.370 e. The number of pyridine rings is 1. The Hall–Kier alpha value is -2.35. The summed E-state index contributed by atoms with van der Waals surface area (Å²) in [4.78, 5) is 25.6. The van der Waals surface area contributed by atoms with E-state index in [1.54, 1.807) is 23.7 Å². The van der Waals surface area contributed by atoms with E-state index in [4.69, 9.17) is 4.74 Å². The molecular formula is C20H23N4O2S+. The van der Waals surface area contributed by atoms with Gasteiger partial charge in [0.1, 0.15) is 18.1 Å². The molecule has 140 valence electrons. The summed E-state index contributed by atoms with van der Waals surface area (Å²) < 4.78 is 5.44. The second kappa shape index (κ2) is 8.56. The quantitative estimate of drug-likeness (QED) is 0.696. The fourth-order valence-electron chi connectivity index (χ4n) is 3.40. The normalized spacial score (nSPS) is 15.1. The molecule has 6 nitrogen and oxygen atoms in total. The van der Waals surface area contributed by atoms with Crippen LogP contribution in [0.5, 0.6) is 0 Å². The highest BCUT2D eigenvalue weighted by Gasteiger charge is 2.22. The van der Waals surface area contributed by atoms with Crippen molar-refractivity contribution >= 4 is 28.1 Å². The van der Waals surface area contributed by atoms with Gasteiger partial charge in [0.25, 0.3) is 5.91 Å². The van der Waals surface area contributed by atoms with Crippen LogP contribution in [-0.2, 0) is 11.3 Å². The van der Waals surface area contributed by atoms with E-state index in [2.05, 4.69) is 9.97 Å². The minimum absolute atomic E-state index is 0.0159. The molecule has 7 heteroatoms. The van der Waals surface area contributed by atoms with E-state index < -0.39 is 0 Å². The molecule has 2 aromatic heterocycles. The number of carbonyl (C=O) groups is 1. The summed E-state index contributed by atoms with van der Waals surface area (Å²) in [6, 6.07) is 9.66. The number of morpholine rings is 1. The first kappa shape index (κ1) is 18.0. The summed E-state index contributed by atoms with van der Waals surface area (Å²) >= 11 is 1.58. The molecular weight excluding hydrogens is 360 g/mol. The molecule has 1 aliphatic heterocycles. The maximum Gasteiger partial charge on any atom is 0.256 e. The molecule has 1 aromatic carbocycles. The third kappa shape index (κ3) is 4.32. The standard InChI is InChI=1S/C20H22N4O2S/c25-20(17-5-1-3-16-4-2-6-22-19(16)17)24(15-18-21-7-14-27-18)9-8-23-10-12-26-13-11-23/h1-7,14H,8-13,15H2/p+1. The Morgan fingerprint density at radius 1 is 1.15 bits per heavy atom. The van der Waals surface area contributed by atoms with E-state index >= 15 is 0 Å². The van der Waals surface area contributed by atoms with Crippen molar-refractivity contribution in [3.8, 4) is 0 Å². The van der Waals surface area contributed by atoms with Crippen LogP contribution < -0.4 is 4.90 Å². The lowest BCUT2D eigenvalue weighted by atomic mass is 10.1. The van der Waals surface area contributed by atoms with Gasteiger partial charge in [0.05, 0.1) is 43.9 Å².